The fourth-order valence-electron chi connectivity index (χ4n) is 4.18. The summed E-state index contributed by atoms with van der Waals surface area (Å²) in [6.07, 6.45) is 2.29. The van der Waals surface area contributed by atoms with Crippen LogP contribution in [0.1, 0.15) is 28.8 Å². The van der Waals surface area contributed by atoms with Crippen molar-refractivity contribution in [3.8, 4) is 11.5 Å². The normalized spacial score (nSPS) is 20.2. The van der Waals surface area contributed by atoms with Crippen LogP contribution in [-0.2, 0) is 20.9 Å². The van der Waals surface area contributed by atoms with Crippen molar-refractivity contribution in [3.63, 3.8) is 0 Å². The van der Waals surface area contributed by atoms with E-state index in [1.807, 2.05) is 24.3 Å². The van der Waals surface area contributed by atoms with Gasteiger partial charge in [-0.15, -0.1) is 0 Å². The van der Waals surface area contributed by atoms with Crippen molar-refractivity contribution in [3.05, 3.63) is 65.5 Å². The number of carbonyl (C=O) groups is 3. The van der Waals surface area contributed by atoms with Gasteiger partial charge >= 0.3 is 0 Å². The molecule has 3 aliphatic heterocycles. The highest BCUT2D eigenvalue weighted by molar-refractivity contribution is 6.05. The van der Waals surface area contributed by atoms with Gasteiger partial charge in [-0.05, 0) is 42.8 Å². The van der Waals surface area contributed by atoms with Crippen LogP contribution in [0.5, 0.6) is 11.5 Å². The SMILES string of the molecule is N/C(=C\Nc1ccc(OC2COC2)cc1)COc1cccc2c1CN(C1CCC(=O)NC1=O)C2=O. The number of fused-ring (bicyclic) bond motifs is 1. The Morgan fingerprint density at radius 3 is 2.69 bits per heavy atom. The molecule has 0 radical (unpaired) electrons. The molecule has 0 aromatic heterocycles. The van der Waals surface area contributed by atoms with E-state index in [9.17, 15) is 14.4 Å². The number of rotatable bonds is 8. The van der Waals surface area contributed by atoms with Crippen molar-refractivity contribution in [2.24, 2.45) is 5.73 Å². The molecule has 0 bridgehead atoms. The van der Waals surface area contributed by atoms with Gasteiger partial charge in [-0.3, -0.25) is 19.7 Å². The molecule has 0 aliphatic carbocycles. The molecule has 1 atom stereocenters. The van der Waals surface area contributed by atoms with Crippen LogP contribution >= 0.6 is 0 Å². The summed E-state index contributed by atoms with van der Waals surface area (Å²) < 4.78 is 16.8. The van der Waals surface area contributed by atoms with Gasteiger partial charge in [0, 0.05) is 29.4 Å². The molecule has 10 heteroatoms. The number of anilines is 1. The predicted molar refractivity (Wildman–Crippen MR) is 126 cm³/mol. The number of nitrogens with one attached hydrogen (secondary N) is 2. The Morgan fingerprint density at radius 2 is 1.97 bits per heavy atom. The smallest absolute Gasteiger partial charge is 0.255 e. The summed E-state index contributed by atoms with van der Waals surface area (Å²) in [5.41, 5.74) is 8.61. The van der Waals surface area contributed by atoms with Crippen molar-refractivity contribution in [2.45, 2.75) is 31.5 Å². The second kappa shape index (κ2) is 9.67. The molecule has 0 saturated carbocycles. The first kappa shape index (κ1) is 22.7. The van der Waals surface area contributed by atoms with Gasteiger partial charge in [0.25, 0.3) is 5.91 Å². The quantitative estimate of drug-likeness (QED) is 0.487. The summed E-state index contributed by atoms with van der Waals surface area (Å²) in [6, 6.07) is 12.1. The molecule has 182 valence electrons. The molecule has 4 N–H and O–H groups in total. The Kier molecular flexibility index (Phi) is 6.28. The van der Waals surface area contributed by atoms with Crippen molar-refractivity contribution < 1.29 is 28.6 Å². The zero-order valence-corrected chi connectivity index (χ0v) is 19.0. The maximum atomic E-state index is 12.9. The van der Waals surface area contributed by atoms with E-state index in [1.54, 1.807) is 24.4 Å². The van der Waals surface area contributed by atoms with Gasteiger partial charge in [0.15, 0.2) is 0 Å². The molecule has 1 unspecified atom stereocenters. The second-order valence-electron chi connectivity index (χ2n) is 8.64. The molecule has 35 heavy (non-hydrogen) atoms. The molecule has 2 saturated heterocycles. The van der Waals surface area contributed by atoms with Gasteiger partial charge in [-0.25, -0.2) is 0 Å². The summed E-state index contributed by atoms with van der Waals surface area (Å²) in [5.74, 6) is 0.303. The highest BCUT2D eigenvalue weighted by atomic mass is 16.6. The molecular formula is C25H26N4O6. The van der Waals surface area contributed by atoms with Crippen molar-refractivity contribution in [2.75, 3.05) is 25.1 Å². The van der Waals surface area contributed by atoms with Crippen molar-refractivity contribution >= 4 is 23.4 Å². The number of carbonyl (C=O) groups excluding carboxylic acids is 3. The molecule has 3 heterocycles. The number of hydrogen-bond donors (Lipinski definition) is 3. The summed E-state index contributed by atoms with van der Waals surface area (Å²) in [4.78, 5) is 38.1. The van der Waals surface area contributed by atoms with Crippen LogP contribution in [0.2, 0.25) is 0 Å². The first-order chi connectivity index (χ1) is 17.0. The van der Waals surface area contributed by atoms with Gasteiger partial charge < -0.3 is 30.2 Å². The van der Waals surface area contributed by atoms with E-state index in [4.69, 9.17) is 19.9 Å². The van der Waals surface area contributed by atoms with E-state index in [0.717, 1.165) is 11.4 Å². The lowest BCUT2D eigenvalue weighted by Gasteiger charge is -2.29. The van der Waals surface area contributed by atoms with Crippen LogP contribution in [0, 0.1) is 0 Å². The summed E-state index contributed by atoms with van der Waals surface area (Å²) in [7, 11) is 0. The zero-order valence-electron chi connectivity index (χ0n) is 19.0. The summed E-state index contributed by atoms with van der Waals surface area (Å²) in [5, 5.41) is 5.43. The fraction of sp³-hybridized carbons (Fsp3) is 0.320. The molecule has 5 rings (SSSR count). The van der Waals surface area contributed by atoms with Gasteiger partial charge in [0.05, 0.1) is 25.5 Å². The highest BCUT2D eigenvalue weighted by Gasteiger charge is 2.40. The van der Waals surface area contributed by atoms with Gasteiger partial charge in [0.2, 0.25) is 11.8 Å². The maximum Gasteiger partial charge on any atom is 0.255 e. The summed E-state index contributed by atoms with van der Waals surface area (Å²) >= 11 is 0. The average molecular weight is 479 g/mol. The molecule has 3 aliphatic rings. The third-order valence-electron chi connectivity index (χ3n) is 6.12. The lowest BCUT2D eigenvalue weighted by Crippen LogP contribution is -2.52. The largest absolute Gasteiger partial charge is 0.487 e. The van der Waals surface area contributed by atoms with E-state index < -0.39 is 11.9 Å². The van der Waals surface area contributed by atoms with Gasteiger partial charge in [0.1, 0.15) is 30.3 Å². The Hall–Kier alpha value is -4.05. The Morgan fingerprint density at radius 1 is 1.17 bits per heavy atom. The minimum atomic E-state index is -0.673. The molecule has 2 aromatic carbocycles. The first-order valence-electron chi connectivity index (χ1n) is 11.4. The van der Waals surface area contributed by atoms with Gasteiger partial charge in [-0.2, -0.15) is 0 Å². The molecule has 2 aromatic rings. The minimum Gasteiger partial charge on any atom is -0.487 e. The molecule has 3 amide bonds. The molecule has 10 nitrogen and oxygen atoms in total. The molecule has 0 spiro atoms. The minimum absolute atomic E-state index is 0.110. The highest BCUT2D eigenvalue weighted by Crippen LogP contribution is 2.33. The monoisotopic (exact) mass is 478 g/mol. The standard InChI is InChI=1S/C25H26N4O6/c26-15(10-27-16-4-6-17(7-5-16)35-18-13-33-14-18)12-34-22-3-1-2-19-20(22)11-29(25(19)32)21-8-9-23(30)28-24(21)31/h1-7,10,18,21,27H,8-9,11-14,26H2,(H,28,30,31)/b15-10-. The predicted octanol–water partition coefficient (Wildman–Crippen LogP) is 1.52. The number of piperidine rings is 1. The van der Waals surface area contributed by atoms with Crippen LogP contribution in [0.15, 0.2) is 54.4 Å². The average Bonchev–Trinajstić information content (AvgIpc) is 3.16. The van der Waals surface area contributed by atoms with E-state index in [0.29, 0.717) is 42.2 Å². The number of ether oxygens (including phenoxy) is 3. The van der Waals surface area contributed by atoms with E-state index in [-0.39, 0.29) is 37.5 Å². The van der Waals surface area contributed by atoms with E-state index in [2.05, 4.69) is 10.6 Å². The number of hydrogen-bond acceptors (Lipinski definition) is 8. The van der Waals surface area contributed by atoms with Crippen LogP contribution in [0.25, 0.3) is 0 Å². The maximum absolute atomic E-state index is 12.9. The van der Waals surface area contributed by atoms with Crippen LogP contribution in [0.3, 0.4) is 0 Å². The number of benzene rings is 2. The summed E-state index contributed by atoms with van der Waals surface area (Å²) in [6.45, 7) is 1.58. The number of imide groups is 1. The van der Waals surface area contributed by atoms with Crippen LogP contribution in [-0.4, -0.2) is 54.6 Å². The Bertz CT molecular complexity index is 1170. The third kappa shape index (κ3) is 4.92. The third-order valence-corrected chi connectivity index (χ3v) is 6.12. The van der Waals surface area contributed by atoms with E-state index >= 15 is 0 Å². The Labute approximate surface area is 202 Å². The lowest BCUT2D eigenvalue weighted by molar-refractivity contribution is -0.136. The first-order valence-corrected chi connectivity index (χ1v) is 11.4. The van der Waals surface area contributed by atoms with Gasteiger partial charge in [-0.1, -0.05) is 6.07 Å². The number of amides is 3. The fourth-order valence-corrected chi connectivity index (χ4v) is 4.18. The topological polar surface area (TPSA) is 132 Å². The zero-order chi connectivity index (χ0) is 24.4. The number of nitrogens with two attached hydrogens (primary N) is 1. The van der Waals surface area contributed by atoms with Crippen LogP contribution < -0.4 is 25.8 Å². The Balaban J connectivity index is 1.18. The van der Waals surface area contributed by atoms with Crippen molar-refractivity contribution in [1.82, 2.24) is 10.2 Å². The van der Waals surface area contributed by atoms with E-state index in [1.165, 1.54) is 4.90 Å². The molecular weight excluding hydrogens is 452 g/mol. The van der Waals surface area contributed by atoms with Crippen molar-refractivity contribution in [1.29, 1.82) is 0 Å². The van der Waals surface area contributed by atoms with Crippen LogP contribution in [0.4, 0.5) is 5.69 Å². The number of nitrogens with zero attached hydrogens (tertiary/aromatic N) is 1. The molecule has 2 fully saturated rings. The lowest BCUT2D eigenvalue weighted by atomic mass is 10.0. The second-order valence-corrected chi connectivity index (χ2v) is 8.64.